The molecule has 0 spiro atoms. The van der Waals surface area contributed by atoms with Crippen LogP contribution in [-0.2, 0) is 11.2 Å². The molecule has 1 unspecified atom stereocenters. The SMILES string of the molecule is C=CC(CC(=O)O)Cc1ccc(O[Si](C(C)C)(C(C)C)C(C)C)cc1. The number of rotatable bonds is 10. The van der Waals surface area contributed by atoms with Crippen LogP contribution in [-0.4, -0.2) is 19.4 Å². The first-order chi connectivity index (χ1) is 11.6. The third kappa shape index (κ3) is 5.46. The molecule has 0 bridgehead atoms. The van der Waals surface area contributed by atoms with E-state index in [4.69, 9.17) is 9.53 Å². The summed E-state index contributed by atoms with van der Waals surface area (Å²) < 4.78 is 6.66. The molecule has 140 valence electrons. The molecule has 0 aliphatic rings. The molecule has 0 heterocycles. The summed E-state index contributed by atoms with van der Waals surface area (Å²) in [7, 11) is -1.94. The number of allylic oxidation sites excluding steroid dienone is 1. The van der Waals surface area contributed by atoms with Gasteiger partial charge in [-0.3, -0.25) is 4.79 Å². The van der Waals surface area contributed by atoms with Crippen molar-refractivity contribution in [3.05, 3.63) is 42.5 Å². The van der Waals surface area contributed by atoms with Gasteiger partial charge in [0.1, 0.15) is 5.75 Å². The van der Waals surface area contributed by atoms with Crippen LogP contribution in [0.3, 0.4) is 0 Å². The van der Waals surface area contributed by atoms with Gasteiger partial charge in [0.15, 0.2) is 0 Å². The van der Waals surface area contributed by atoms with Crippen LogP contribution in [0.25, 0.3) is 0 Å². The van der Waals surface area contributed by atoms with Crippen LogP contribution in [0, 0.1) is 5.92 Å². The first kappa shape index (κ1) is 21.5. The molecule has 1 aromatic rings. The van der Waals surface area contributed by atoms with Crippen LogP contribution < -0.4 is 4.43 Å². The zero-order chi connectivity index (χ0) is 19.2. The zero-order valence-electron chi connectivity index (χ0n) is 16.6. The van der Waals surface area contributed by atoms with E-state index in [2.05, 4.69) is 48.1 Å². The molecule has 0 amide bonds. The predicted molar refractivity (Wildman–Crippen MR) is 108 cm³/mol. The summed E-state index contributed by atoms with van der Waals surface area (Å²) >= 11 is 0. The fourth-order valence-electron chi connectivity index (χ4n) is 4.02. The first-order valence-corrected chi connectivity index (χ1v) is 11.4. The molecular formula is C21H34O3Si. The number of carboxylic acids is 1. The highest BCUT2D eigenvalue weighted by Crippen LogP contribution is 2.42. The summed E-state index contributed by atoms with van der Waals surface area (Å²) in [6.07, 6.45) is 2.54. The van der Waals surface area contributed by atoms with E-state index in [0.717, 1.165) is 11.3 Å². The summed E-state index contributed by atoms with van der Waals surface area (Å²) in [4.78, 5) is 10.9. The van der Waals surface area contributed by atoms with E-state index in [-0.39, 0.29) is 12.3 Å². The normalized spacial score (nSPS) is 13.3. The third-order valence-electron chi connectivity index (χ3n) is 5.19. The van der Waals surface area contributed by atoms with Crippen molar-refractivity contribution in [2.45, 2.75) is 71.0 Å². The molecule has 3 nitrogen and oxygen atoms in total. The second-order valence-corrected chi connectivity index (χ2v) is 13.2. The van der Waals surface area contributed by atoms with E-state index in [1.807, 2.05) is 24.3 Å². The van der Waals surface area contributed by atoms with E-state index in [1.54, 1.807) is 6.08 Å². The summed E-state index contributed by atoms with van der Waals surface area (Å²) in [6, 6.07) is 8.16. The van der Waals surface area contributed by atoms with Gasteiger partial charge in [0, 0.05) is 0 Å². The minimum absolute atomic E-state index is 0.0419. The van der Waals surface area contributed by atoms with Gasteiger partial charge in [0.2, 0.25) is 0 Å². The lowest BCUT2D eigenvalue weighted by molar-refractivity contribution is -0.137. The lowest BCUT2D eigenvalue weighted by Crippen LogP contribution is -2.50. The third-order valence-corrected chi connectivity index (χ3v) is 11.2. The molecule has 1 N–H and O–H groups in total. The van der Waals surface area contributed by atoms with E-state index in [9.17, 15) is 4.79 Å². The number of aliphatic carboxylic acids is 1. The van der Waals surface area contributed by atoms with Gasteiger partial charge in [-0.05, 0) is 46.7 Å². The molecule has 0 aromatic heterocycles. The summed E-state index contributed by atoms with van der Waals surface area (Å²) in [6.45, 7) is 17.4. The predicted octanol–water partition coefficient (Wildman–Crippen LogP) is 6.06. The summed E-state index contributed by atoms with van der Waals surface area (Å²) in [5, 5.41) is 8.96. The van der Waals surface area contributed by atoms with Crippen molar-refractivity contribution >= 4 is 14.3 Å². The second kappa shape index (κ2) is 9.23. The quantitative estimate of drug-likeness (QED) is 0.406. The van der Waals surface area contributed by atoms with Crippen LogP contribution in [0.4, 0.5) is 0 Å². The van der Waals surface area contributed by atoms with Gasteiger partial charge in [-0.25, -0.2) is 0 Å². The largest absolute Gasteiger partial charge is 0.543 e. The second-order valence-electron chi connectivity index (χ2n) is 7.86. The Labute approximate surface area is 154 Å². The average Bonchev–Trinajstić information content (AvgIpc) is 2.51. The maximum absolute atomic E-state index is 10.9. The maximum atomic E-state index is 10.9. The molecule has 0 fully saturated rings. The Morgan fingerprint density at radius 3 is 1.92 bits per heavy atom. The molecule has 0 radical (unpaired) electrons. The Morgan fingerprint density at radius 1 is 1.08 bits per heavy atom. The lowest BCUT2D eigenvalue weighted by atomic mass is 9.96. The molecule has 4 heteroatoms. The minimum atomic E-state index is -1.94. The van der Waals surface area contributed by atoms with Crippen molar-refractivity contribution < 1.29 is 14.3 Å². The smallest absolute Gasteiger partial charge is 0.303 e. The van der Waals surface area contributed by atoms with Crippen molar-refractivity contribution in [3.63, 3.8) is 0 Å². The van der Waals surface area contributed by atoms with Crippen LogP contribution in [0.5, 0.6) is 5.75 Å². The monoisotopic (exact) mass is 362 g/mol. The van der Waals surface area contributed by atoms with Crippen molar-refractivity contribution in [3.8, 4) is 5.75 Å². The lowest BCUT2D eigenvalue weighted by Gasteiger charge is -2.42. The highest BCUT2D eigenvalue weighted by molar-refractivity contribution is 6.78. The fraction of sp³-hybridized carbons (Fsp3) is 0.571. The Bertz CT molecular complexity index is 539. The van der Waals surface area contributed by atoms with Crippen molar-refractivity contribution in [2.75, 3.05) is 0 Å². The number of carbonyl (C=O) groups is 1. The van der Waals surface area contributed by atoms with Gasteiger partial charge in [-0.15, -0.1) is 6.58 Å². The van der Waals surface area contributed by atoms with E-state index in [1.165, 1.54) is 0 Å². The molecule has 0 saturated carbocycles. The molecule has 0 aliphatic heterocycles. The van der Waals surface area contributed by atoms with Crippen molar-refractivity contribution in [1.82, 2.24) is 0 Å². The molecular weight excluding hydrogens is 328 g/mol. The highest BCUT2D eigenvalue weighted by atomic mass is 28.4. The molecule has 0 aliphatic carbocycles. The van der Waals surface area contributed by atoms with Crippen molar-refractivity contribution in [2.24, 2.45) is 5.92 Å². The fourth-order valence-corrected chi connectivity index (χ4v) is 9.27. The highest BCUT2D eigenvalue weighted by Gasteiger charge is 2.46. The average molecular weight is 363 g/mol. The molecule has 1 aromatic carbocycles. The summed E-state index contributed by atoms with van der Waals surface area (Å²) in [5.41, 5.74) is 2.72. The molecule has 1 atom stereocenters. The number of benzene rings is 1. The van der Waals surface area contributed by atoms with Crippen LogP contribution >= 0.6 is 0 Å². The Balaban J connectivity index is 2.94. The minimum Gasteiger partial charge on any atom is -0.543 e. The maximum Gasteiger partial charge on any atom is 0.303 e. The molecule has 25 heavy (non-hydrogen) atoms. The molecule has 0 saturated heterocycles. The van der Waals surface area contributed by atoms with Gasteiger partial charge >= 0.3 is 5.97 Å². The number of carboxylic acid groups (broad SMARTS) is 1. The van der Waals surface area contributed by atoms with E-state index < -0.39 is 14.3 Å². The van der Waals surface area contributed by atoms with E-state index >= 15 is 0 Å². The van der Waals surface area contributed by atoms with Gasteiger partial charge in [0.05, 0.1) is 6.42 Å². The first-order valence-electron chi connectivity index (χ1n) is 9.25. The topological polar surface area (TPSA) is 46.5 Å². The van der Waals surface area contributed by atoms with E-state index in [0.29, 0.717) is 23.0 Å². The number of hydrogen-bond donors (Lipinski definition) is 1. The van der Waals surface area contributed by atoms with Gasteiger partial charge in [-0.2, -0.15) is 0 Å². The Morgan fingerprint density at radius 2 is 1.56 bits per heavy atom. The van der Waals surface area contributed by atoms with Crippen LogP contribution in [0.1, 0.15) is 53.5 Å². The van der Waals surface area contributed by atoms with Gasteiger partial charge < -0.3 is 9.53 Å². The number of hydrogen-bond acceptors (Lipinski definition) is 2. The molecule has 1 rings (SSSR count). The van der Waals surface area contributed by atoms with Crippen molar-refractivity contribution in [1.29, 1.82) is 0 Å². The van der Waals surface area contributed by atoms with Gasteiger partial charge in [-0.1, -0.05) is 59.8 Å². The zero-order valence-corrected chi connectivity index (χ0v) is 17.6. The Kier molecular flexibility index (Phi) is 7.93. The summed E-state index contributed by atoms with van der Waals surface area (Å²) in [5.74, 6) is 0.103. The van der Waals surface area contributed by atoms with Crippen LogP contribution in [0.15, 0.2) is 36.9 Å². The van der Waals surface area contributed by atoms with Gasteiger partial charge in [0.25, 0.3) is 8.32 Å². The Hall–Kier alpha value is -1.55. The standard InChI is InChI=1S/C21H34O3Si/c1-8-18(14-21(22)23)13-19-9-11-20(12-10-19)24-25(15(2)3,16(4)5)17(6)7/h8-12,15-18H,1,13-14H2,2-7H3,(H,22,23). The van der Waals surface area contributed by atoms with Crippen LogP contribution in [0.2, 0.25) is 16.6 Å².